The van der Waals surface area contributed by atoms with Crippen molar-refractivity contribution in [3.8, 4) is 5.75 Å². The Bertz CT molecular complexity index is 1040. The number of thiazole rings is 1. The van der Waals surface area contributed by atoms with Crippen LogP contribution in [0, 0.1) is 19.8 Å². The van der Waals surface area contributed by atoms with Gasteiger partial charge in [0.25, 0.3) is 0 Å². The highest BCUT2D eigenvalue weighted by atomic mass is 32.1. The first kappa shape index (κ1) is 17.7. The Balaban J connectivity index is 1.61. The largest absolute Gasteiger partial charge is 0.497 e. The minimum atomic E-state index is -0.333. The van der Waals surface area contributed by atoms with Gasteiger partial charge in [0.05, 0.1) is 23.2 Å². The van der Waals surface area contributed by atoms with Crippen molar-refractivity contribution < 1.29 is 14.3 Å². The molecule has 2 heterocycles. The highest BCUT2D eigenvalue weighted by molar-refractivity contribution is 7.22. The molecule has 1 aliphatic rings. The van der Waals surface area contributed by atoms with E-state index in [0.717, 1.165) is 15.8 Å². The Hall–Kier alpha value is -2.73. The van der Waals surface area contributed by atoms with Crippen molar-refractivity contribution in [1.29, 1.82) is 0 Å². The molecule has 1 fully saturated rings. The number of ether oxygens (including phenoxy) is 1. The Labute approximate surface area is 161 Å². The Morgan fingerprint density at radius 3 is 2.59 bits per heavy atom. The van der Waals surface area contributed by atoms with Crippen LogP contribution < -0.4 is 9.64 Å². The maximum Gasteiger partial charge on any atom is 0.239 e. The molecule has 1 aromatic heterocycles. The molecule has 1 atom stereocenters. The zero-order chi connectivity index (χ0) is 19.1. The predicted molar refractivity (Wildman–Crippen MR) is 106 cm³/mol. The second-order valence-electron chi connectivity index (χ2n) is 7.00. The number of imide groups is 1. The average molecular weight is 380 g/mol. The van der Waals surface area contributed by atoms with E-state index in [1.165, 1.54) is 27.4 Å². The molecule has 27 heavy (non-hydrogen) atoms. The molecule has 4 rings (SSSR count). The van der Waals surface area contributed by atoms with Crippen molar-refractivity contribution in [3.63, 3.8) is 0 Å². The van der Waals surface area contributed by atoms with Gasteiger partial charge >= 0.3 is 0 Å². The van der Waals surface area contributed by atoms with Gasteiger partial charge in [-0.3, -0.25) is 9.59 Å². The molecule has 1 aliphatic heterocycles. The van der Waals surface area contributed by atoms with Crippen molar-refractivity contribution in [3.05, 3.63) is 53.1 Å². The fourth-order valence-corrected chi connectivity index (χ4v) is 4.61. The monoisotopic (exact) mass is 380 g/mol. The fourth-order valence-electron chi connectivity index (χ4n) is 3.64. The Kier molecular flexibility index (Phi) is 4.44. The lowest BCUT2D eigenvalue weighted by Crippen LogP contribution is -2.30. The number of anilines is 1. The molecule has 0 N–H and O–H groups in total. The molecule has 1 saturated heterocycles. The van der Waals surface area contributed by atoms with E-state index in [1.54, 1.807) is 7.11 Å². The number of hydrogen-bond donors (Lipinski definition) is 0. The molecule has 0 radical (unpaired) electrons. The normalized spacial score (nSPS) is 17.1. The van der Waals surface area contributed by atoms with Gasteiger partial charge in [0.1, 0.15) is 5.75 Å². The number of carbonyl (C=O) groups excluding carboxylic acids is 2. The minimum absolute atomic E-state index is 0.162. The lowest BCUT2D eigenvalue weighted by Gasteiger charge is -2.12. The number of carbonyl (C=O) groups is 2. The minimum Gasteiger partial charge on any atom is -0.497 e. The molecule has 2 amide bonds. The Morgan fingerprint density at radius 2 is 1.89 bits per heavy atom. The third kappa shape index (κ3) is 3.32. The highest BCUT2D eigenvalue weighted by Gasteiger charge is 2.41. The van der Waals surface area contributed by atoms with E-state index in [4.69, 9.17) is 4.74 Å². The third-order valence-corrected chi connectivity index (χ3v) is 5.80. The molecule has 138 valence electrons. The van der Waals surface area contributed by atoms with Crippen LogP contribution >= 0.6 is 11.3 Å². The number of methoxy groups -OCH3 is 1. The predicted octanol–water partition coefficient (Wildman–Crippen LogP) is 4.04. The molecule has 0 saturated carbocycles. The summed E-state index contributed by atoms with van der Waals surface area (Å²) < 4.78 is 6.14. The zero-order valence-electron chi connectivity index (χ0n) is 15.5. The number of fused-ring (bicyclic) bond motifs is 1. The quantitative estimate of drug-likeness (QED) is 0.641. The number of benzene rings is 2. The van der Waals surface area contributed by atoms with E-state index < -0.39 is 0 Å². The number of aromatic nitrogens is 1. The summed E-state index contributed by atoms with van der Waals surface area (Å²) in [4.78, 5) is 31.3. The molecule has 6 heteroatoms. The van der Waals surface area contributed by atoms with Crippen LogP contribution in [0.4, 0.5) is 5.13 Å². The molecule has 0 unspecified atom stereocenters. The summed E-state index contributed by atoms with van der Waals surface area (Å²) in [6, 6.07) is 11.8. The summed E-state index contributed by atoms with van der Waals surface area (Å²) >= 11 is 1.35. The molecule has 0 aliphatic carbocycles. The van der Waals surface area contributed by atoms with Crippen LogP contribution in [0.3, 0.4) is 0 Å². The topological polar surface area (TPSA) is 59.5 Å². The molecule has 0 spiro atoms. The standard InChI is InChI=1S/C21H20N2O3S/c1-12-6-13(2)8-14(7-12)9-15-10-19(24)23(20(15)25)21-22-17-11-16(26-3)4-5-18(17)27-21/h4-8,11,15H,9-10H2,1-3H3/t15-/m0/s1. The summed E-state index contributed by atoms with van der Waals surface area (Å²) in [6.07, 6.45) is 0.799. The first-order valence-corrected chi connectivity index (χ1v) is 9.65. The number of amides is 2. The lowest BCUT2D eigenvalue weighted by molar-refractivity contribution is -0.122. The van der Waals surface area contributed by atoms with Gasteiger partial charge in [-0.25, -0.2) is 9.88 Å². The molecule has 5 nitrogen and oxygen atoms in total. The maximum atomic E-state index is 12.9. The van der Waals surface area contributed by atoms with Gasteiger partial charge in [0.15, 0.2) is 5.13 Å². The van der Waals surface area contributed by atoms with E-state index in [2.05, 4.69) is 23.2 Å². The van der Waals surface area contributed by atoms with Gasteiger partial charge in [0.2, 0.25) is 11.8 Å². The molecular formula is C21H20N2O3S. The summed E-state index contributed by atoms with van der Waals surface area (Å²) in [5, 5.41) is 0.441. The molecule has 0 bridgehead atoms. The van der Waals surface area contributed by atoms with Crippen LogP contribution in [0.5, 0.6) is 5.75 Å². The number of nitrogens with zero attached hydrogens (tertiary/aromatic N) is 2. The van der Waals surface area contributed by atoms with E-state index in [0.29, 0.717) is 17.3 Å². The number of hydrogen-bond acceptors (Lipinski definition) is 5. The van der Waals surface area contributed by atoms with Gasteiger partial charge in [0, 0.05) is 12.5 Å². The summed E-state index contributed by atoms with van der Waals surface area (Å²) in [6.45, 7) is 4.08. The SMILES string of the molecule is COc1ccc2sc(N3C(=O)C[C@H](Cc4cc(C)cc(C)c4)C3=O)nc2c1. The molecular weight excluding hydrogens is 360 g/mol. The smallest absolute Gasteiger partial charge is 0.239 e. The lowest BCUT2D eigenvalue weighted by atomic mass is 9.95. The number of aryl methyl sites for hydroxylation is 2. The van der Waals surface area contributed by atoms with E-state index in [-0.39, 0.29) is 24.2 Å². The summed E-state index contributed by atoms with van der Waals surface area (Å²) in [5.41, 5.74) is 4.15. The fraction of sp³-hybridized carbons (Fsp3) is 0.286. The van der Waals surface area contributed by atoms with E-state index >= 15 is 0 Å². The maximum absolute atomic E-state index is 12.9. The summed E-state index contributed by atoms with van der Waals surface area (Å²) in [5.74, 6) is 0.0249. The van der Waals surface area contributed by atoms with Crippen molar-refractivity contribution in [1.82, 2.24) is 4.98 Å². The van der Waals surface area contributed by atoms with E-state index in [9.17, 15) is 9.59 Å². The first-order valence-electron chi connectivity index (χ1n) is 8.83. The van der Waals surface area contributed by atoms with Crippen molar-refractivity contribution in [2.45, 2.75) is 26.7 Å². The molecule has 2 aromatic carbocycles. The zero-order valence-corrected chi connectivity index (χ0v) is 16.3. The van der Waals surface area contributed by atoms with Gasteiger partial charge in [-0.2, -0.15) is 0 Å². The third-order valence-electron chi connectivity index (χ3n) is 4.78. The average Bonchev–Trinajstić information content (AvgIpc) is 3.13. The molecule has 3 aromatic rings. The van der Waals surface area contributed by atoms with Crippen LogP contribution in [0.2, 0.25) is 0 Å². The van der Waals surface area contributed by atoms with Crippen LogP contribution in [-0.4, -0.2) is 23.9 Å². The van der Waals surface area contributed by atoms with Crippen molar-refractivity contribution in [2.75, 3.05) is 12.0 Å². The second-order valence-corrected chi connectivity index (χ2v) is 8.01. The van der Waals surface area contributed by atoms with Crippen molar-refractivity contribution >= 4 is 38.5 Å². The summed E-state index contributed by atoms with van der Waals surface area (Å²) in [7, 11) is 1.60. The second kappa shape index (κ2) is 6.78. The first-order chi connectivity index (χ1) is 12.9. The Morgan fingerprint density at radius 1 is 1.15 bits per heavy atom. The van der Waals surface area contributed by atoms with Gasteiger partial charge in [-0.1, -0.05) is 40.7 Å². The van der Waals surface area contributed by atoms with Gasteiger partial charge < -0.3 is 4.74 Å². The highest BCUT2D eigenvalue weighted by Crippen LogP contribution is 2.35. The van der Waals surface area contributed by atoms with E-state index in [1.807, 2.05) is 32.0 Å². The number of rotatable bonds is 4. The van der Waals surface area contributed by atoms with Crippen LogP contribution in [0.15, 0.2) is 36.4 Å². The van der Waals surface area contributed by atoms with Crippen LogP contribution in [0.1, 0.15) is 23.1 Å². The van der Waals surface area contributed by atoms with Gasteiger partial charge in [-0.15, -0.1) is 0 Å². The van der Waals surface area contributed by atoms with Gasteiger partial charge in [-0.05, 0) is 38.0 Å². The van der Waals surface area contributed by atoms with Crippen molar-refractivity contribution in [2.24, 2.45) is 5.92 Å². The van der Waals surface area contributed by atoms with Crippen LogP contribution in [0.25, 0.3) is 10.2 Å². The van der Waals surface area contributed by atoms with Crippen LogP contribution in [-0.2, 0) is 16.0 Å².